The molecule has 0 atom stereocenters. The van der Waals surface area contributed by atoms with Gasteiger partial charge in [0.2, 0.25) is 0 Å². The fourth-order valence-corrected chi connectivity index (χ4v) is 1.76. The minimum Gasteiger partial charge on any atom is -0.379 e. The van der Waals surface area contributed by atoms with Crippen molar-refractivity contribution in [3.8, 4) is 0 Å². The molecule has 1 aliphatic heterocycles. The molecule has 0 unspecified atom stereocenters. The molecule has 0 aliphatic carbocycles. The lowest BCUT2D eigenvalue weighted by atomic mass is 9.99. The third-order valence-corrected chi connectivity index (χ3v) is 2.92. The Hall–Kier alpha value is -0.120. The van der Waals surface area contributed by atoms with Gasteiger partial charge < -0.3 is 10.1 Å². The van der Waals surface area contributed by atoms with Crippen LogP contribution in [0.15, 0.2) is 0 Å². The molecule has 0 bridgehead atoms. The molecule has 0 spiro atoms. The Morgan fingerprint density at radius 1 is 1.07 bits per heavy atom. The molecule has 0 aromatic carbocycles. The first-order valence-electron chi connectivity index (χ1n) is 5.89. The summed E-state index contributed by atoms with van der Waals surface area (Å²) in [5.41, 5.74) is 0.417. The van der Waals surface area contributed by atoms with Crippen molar-refractivity contribution in [1.29, 1.82) is 0 Å². The molecular weight excluding hydrogens is 188 g/mol. The minimum atomic E-state index is 0.198. The lowest BCUT2D eigenvalue weighted by Gasteiger charge is -2.42. The zero-order valence-corrected chi connectivity index (χ0v) is 10.9. The van der Waals surface area contributed by atoms with Gasteiger partial charge >= 0.3 is 0 Å². The van der Waals surface area contributed by atoms with E-state index in [1.165, 1.54) is 0 Å². The van der Waals surface area contributed by atoms with Crippen molar-refractivity contribution >= 4 is 0 Å². The van der Waals surface area contributed by atoms with Crippen molar-refractivity contribution < 1.29 is 4.74 Å². The predicted molar refractivity (Wildman–Crippen MR) is 64.2 cm³/mol. The first-order valence-corrected chi connectivity index (χ1v) is 5.89. The van der Waals surface area contributed by atoms with E-state index in [1.807, 2.05) is 0 Å². The number of nitrogens with one attached hydrogen (secondary N) is 1. The molecule has 0 amide bonds. The maximum atomic E-state index is 5.38. The van der Waals surface area contributed by atoms with Gasteiger partial charge in [0.25, 0.3) is 0 Å². The lowest BCUT2D eigenvalue weighted by Crippen LogP contribution is -2.57. The van der Waals surface area contributed by atoms with E-state index >= 15 is 0 Å². The van der Waals surface area contributed by atoms with Crippen LogP contribution in [-0.4, -0.2) is 48.8 Å². The van der Waals surface area contributed by atoms with Gasteiger partial charge in [-0.3, -0.25) is 4.90 Å². The van der Waals surface area contributed by atoms with E-state index in [4.69, 9.17) is 4.74 Å². The Balaban J connectivity index is 2.42. The average molecular weight is 214 g/mol. The average Bonchev–Trinajstić information content (AvgIpc) is 2.16. The van der Waals surface area contributed by atoms with Gasteiger partial charge in [-0.1, -0.05) is 0 Å². The van der Waals surface area contributed by atoms with Crippen molar-refractivity contribution in [3.63, 3.8) is 0 Å². The smallest absolute Gasteiger partial charge is 0.0594 e. The maximum absolute atomic E-state index is 5.38. The molecule has 1 N–H and O–H groups in total. The van der Waals surface area contributed by atoms with Crippen LogP contribution in [0.25, 0.3) is 0 Å². The van der Waals surface area contributed by atoms with Gasteiger partial charge in [0, 0.05) is 30.7 Å². The van der Waals surface area contributed by atoms with E-state index in [2.05, 4.69) is 44.8 Å². The number of morpholine rings is 1. The maximum Gasteiger partial charge on any atom is 0.0594 e. The number of rotatable bonds is 3. The molecule has 15 heavy (non-hydrogen) atoms. The molecule has 3 nitrogen and oxygen atoms in total. The number of hydrogen-bond donors (Lipinski definition) is 1. The van der Waals surface area contributed by atoms with E-state index in [0.717, 1.165) is 32.8 Å². The summed E-state index contributed by atoms with van der Waals surface area (Å²) in [4.78, 5) is 2.51. The van der Waals surface area contributed by atoms with Crippen molar-refractivity contribution in [2.75, 3.05) is 32.8 Å². The van der Waals surface area contributed by atoms with Crippen molar-refractivity contribution in [2.45, 2.75) is 45.7 Å². The summed E-state index contributed by atoms with van der Waals surface area (Å²) in [5.74, 6) is 0. The summed E-state index contributed by atoms with van der Waals surface area (Å²) in [6, 6.07) is 0. The van der Waals surface area contributed by atoms with Gasteiger partial charge in [-0.25, -0.2) is 0 Å². The highest BCUT2D eigenvalue weighted by molar-refractivity contribution is 4.87. The molecule has 0 radical (unpaired) electrons. The SMILES string of the molecule is CC(C)(C)NCC(C)(C)N1CCOCC1. The highest BCUT2D eigenvalue weighted by Gasteiger charge is 2.29. The van der Waals surface area contributed by atoms with Crippen LogP contribution in [0, 0.1) is 0 Å². The fourth-order valence-electron chi connectivity index (χ4n) is 1.76. The highest BCUT2D eigenvalue weighted by Crippen LogP contribution is 2.16. The summed E-state index contributed by atoms with van der Waals surface area (Å²) < 4.78 is 5.38. The Morgan fingerprint density at radius 2 is 1.60 bits per heavy atom. The zero-order valence-electron chi connectivity index (χ0n) is 10.9. The largest absolute Gasteiger partial charge is 0.379 e. The standard InChI is InChI=1S/C12H26N2O/c1-11(2,3)13-10-12(4,5)14-6-8-15-9-7-14/h13H,6-10H2,1-5H3. The Labute approximate surface area is 94.2 Å². The van der Waals surface area contributed by atoms with Crippen molar-refractivity contribution in [2.24, 2.45) is 0 Å². The summed E-state index contributed by atoms with van der Waals surface area (Å²) in [7, 11) is 0. The molecule has 0 aromatic heterocycles. The zero-order chi connectivity index (χ0) is 11.5. The summed E-state index contributed by atoms with van der Waals surface area (Å²) in [6.07, 6.45) is 0. The van der Waals surface area contributed by atoms with Crippen LogP contribution >= 0.6 is 0 Å². The summed E-state index contributed by atoms with van der Waals surface area (Å²) in [6.45, 7) is 16.1. The first kappa shape index (κ1) is 12.9. The number of hydrogen-bond acceptors (Lipinski definition) is 3. The Kier molecular flexibility index (Phi) is 4.15. The third-order valence-electron chi connectivity index (χ3n) is 2.92. The minimum absolute atomic E-state index is 0.198. The van der Waals surface area contributed by atoms with E-state index in [1.54, 1.807) is 0 Å². The van der Waals surface area contributed by atoms with E-state index in [-0.39, 0.29) is 11.1 Å². The monoisotopic (exact) mass is 214 g/mol. The van der Waals surface area contributed by atoms with Crippen LogP contribution in [0.5, 0.6) is 0 Å². The first-order chi connectivity index (χ1) is 6.81. The predicted octanol–water partition coefficient (Wildman–Crippen LogP) is 1.49. The molecule has 0 aromatic rings. The topological polar surface area (TPSA) is 24.5 Å². The van der Waals surface area contributed by atoms with Crippen molar-refractivity contribution in [3.05, 3.63) is 0 Å². The molecule has 1 aliphatic rings. The van der Waals surface area contributed by atoms with Crippen LogP contribution < -0.4 is 5.32 Å². The third kappa shape index (κ3) is 4.49. The normalized spacial score (nSPS) is 20.6. The van der Waals surface area contributed by atoms with Gasteiger partial charge in [0.15, 0.2) is 0 Å². The molecule has 1 heterocycles. The molecule has 0 saturated carbocycles. The second-order valence-corrected chi connectivity index (χ2v) is 6.02. The Bertz CT molecular complexity index is 190. The lowest BCUT2D eigenvalue weighted by molar-refractivity contribution is -0.0112. The fraction of sp³-hybridized carbons (Fsp3) is 1.00. The molecule has 1 saturated heterocycles. The van der Waals surface area contributed by atoms with Gasteiger partial charge in [-0.2, -0.15) is 0 Å². The van der Waals surface area contributed by atoms with Gasteiger partial charge in [0.05, 0.1) is 13.2 Å². The highest BCUT2D eigenvalue weighted by atomic mass is 16.5. The Morgan fingerprint density at radius 3 is 2.07 bits per heavy atom. The quantitative estimate of drug-likeness (QED) is 0.770. The van der Waals surface area contributed by atoms with Crippen LogP contribution in [-0.2, 0) is 4.74 Å². The second-order valence-electron chi connectivity index (χ2n) is 6.02. The summed E-state index contributed by atoms with van der Waals surface area (Å²) >= 11 is 0. The molecule has 3 heteroatoms. The molecule has 90 valence electrons. The van der Waals surface area contributed by atoms with Crippen LogP contribution in [0.1, 0.15) is 34.6 Å². The van der Waals surface area contributed by atoms with Gasteiger partial charge in [0.1, 0.15) is 0 Å². The second kappa shape index (κ2) is 4.81. The summed E-state index contributed by atoms with van der Waals surface area (Å²) in [5, 5.41) is 3.58. The van der Waals surface area contributed by atoms with E-state index in [9.17, 15) is 0 Å². The van der Waals surface area contributed by atoms with E-state index < -0.39 is 0 Å². The van der Waals surface area contributed by atoms with Gasteiger partial charge in [-0.15, -0.1) is 0 Å². The van der Waals surface area contributed by atoms with Crippen molar-refractivity contribution in [1.82, 2.24) is 10.2 Å². The van der Waals surface area contributed by atoms with E-state index in [0.29, 0.717) is 0 Å². The molecule has 1 rings (SSSR count). The number of ether oxygens (including phenoxy) is 1. The van der Waals surface area contributed by atoms with Crippen LogP contribution in [0.2, 0.25) is 0 Å². The molecule has 1 fully saturated rings. The number of nitrogens with zero attached hydrogens (tertiary/aromatic N) is 1. The van der Waals surface area contributed by atoms with Crippen LogP contribution in [0.4, 0.5) is 0 Å². The molecular formula is C12H26N2O. The van der Waals surface area contributed by atoms with Gasteiger partial charge in [-0.05, 0) is 34.6 Å². The van der Waals surface area contributed by atoms with Crippen LogP contribution in [0.3, 0.4) is 0 Å².